The Bertz CT molecular complexity index is 876. The summed E-state index contributed by atoms with van der Waals surface area (Å²) < 4.78 is 14.2. The molecule has 2 fully saturated rings. The first-order valence-corrected chi connectivity index (χ1v) is 9.96. The van der Waals surface area contributed by atoms with Crippen molar-refractivity contribution in [1.82, 2.24) is 10.2 Å². The van der Waals surface area contributed by atoms with Gasteiger partial charge in [-0.05, 0) is 77.5 Å². The maximum atomic E-state index is 13.6. The van der Waals surface area contributed by atoms with Crippen LogP contribution in [0.25, 0.3) is 0 Å². The first-order valence-electron chi connectivity index (χ1n) is 9.17. The standard InChI is InChI=1S/C21H20BrFN2O2/c22-19-10-5-15(23)11-18(19)21(27)25(17-8-9-17)12-13-1-3-14(4-2-13)20(26)24-16-6-7-16/h1-5,10-11,16-17H,6-9,12H2,(H,24,26). The van der Waals surface area contributed by atoms with Gasteiger partial charge < -0.3 is 10.2 Å². The van der Waals surface area contributed by atoms with Gasteiger partial charge in [0, 0.05) is 28.7 Å². The van der Waals surface area contributed by atoms with Crippen LogP contribution in [0.4, 0.5) is 4.39 Å². The van der Waals surface area contributed by atoms with Gasteiger partial charge in [0.1, 0.15) is 5.82 Å². The summed E-state index contributed by atoms with van der Waals surface area (Å²) in [7, 11) is 0. The van der Waals surface area contributed by atoms with E-state index in [1.807, 2.05) is 12.1 Å². The van der Waals surface area contributed by atoms with Crippen molar-refractivity contribution in [2.45, 2.75) is 44.3 Å². The average molecular weight is 431 g/mol. The van der Waals surface area contributed by atoms with Crippen molar-refractivity contribution in [2.24, 2.45) is 0 Å². The summed E-state index contributed by atoms with van der Waals surface area (Å²) in [6.45, 7) is 0.441. The molecule has 6 heteroatoms. The van der Waals surface area contributed by atoms with Gasteiger partial charge in [-0.2, -0.15) is 0 Å². The summed E-state index contributed by atoms with van der Waals surface area (Å²) >= 11 is 3.35. The molecule has 4 rings (SSSR count). The minimum absolute atomic E-state index is 0.0529. The van der Waals surface area contributed by atoms with Gasteiger partial charge in [0.2, 0.25) is 0 Å². The molecule has 2 aromatic carbocycles. The minimum Gasteiger partial charge on any atom is -0.349 e. The molecule has 0 aliphatic heterocycles. The highest BCUT2D eigenvalue weighted by Gasteiger charge is 2.34. The number of benzene rings is 2. The van der Waals surface area contributed by atoms with Crippen molar-refractivity contribution < 1.29 is 14.0 Å². The number of nitrogens with zero attached hydrogens (tertiary/aromatic N) is 1. The van der Waals surface area contributed by atoms with E-state index in [1.54, 1.807) is 23.1 Å². The van der Waals surface area contributed by atoms with Crippen LogP contribution in [0.5, 0.6) is 0 Å². The fraction of sp³-hybridized carbons (Fsp3) is 0.333. The molecule has 1 N–H and O–H groups in total. The molecule has 4 nitrogen and oxygen atoms in total. The Kier molecular flexibility index (Phi) is 5.00. The van der Waals surface area contributed by atoms with Crippen LogP contribution in [-0.4, -0.2) is 28.8 Å². The fourth-order valence-corrected chi connectivity index (χ4v) is 3.44. The summed E-state index contributed by atoms with van der Waals surface area (Å²) in [5, 5.41) is 2.97. The molecule has 0 radical (unpaired) electrons. The van der Waals surface area contributed by atoms with Crippen LogP contribution >= 0.6 is 15.9 Å². The Hall–Kier alpha value is -2.21. The van der Waals surface area contributed by atoms with Crippen LogP contribution in [0.2, 0.25) is 0 Å². The van der Waals surface area contributed by atoms with Crippen LogP contribution in [-0.2, 0) is 6.54 Å². The molecule has 2 saturated carbocycles. The highest BCUT2D eigenvalue weighted by atomic mass is 79.9. The van der Waals surface area contributed by atoms with Gasteiger partial charge in [-0.1, -0.05) is 12.1 Å². The van der Waals surface area contributed by atoms with E-state index in [2.05, 4.69) is 21.2 Å². The Morgan fingerprint density at radius 3 is 2.41 bits per heavy atom. The largest absolute Gasteiger partial charge is 0.349 e. The molecular weight excluding hydrogens is 411 g/mol. The van der Waals surface area contributed by atoms with E-state index in [0.29, 0.717) is 28.2 Å². The molecule has 2 aliphatic carbocycles. The lowest BCUT2D eigenvalue weighted by Crippen LogP contribution is -2.33. The normalized spacial score (nSPS) is 16.1. The second kappa shape index (κ2) is 7.43. The summed E-state index contributed by atoms with van der Waals surface area (Å²) in [6, 6.07) is 12.0. The number of carbonyl (C=O) groups excluding carboxylic acids is 2. The lowest BCUT2D eigenvalue weighted by Gasteiger charge is -2.23. The predicted octanol–water partition coefficient (Wildman–Crippen LogP) is 4.29. The third-order valence-electron chi connectivity index (χ3n) is 4.89. The number of carbonyl (C=O) groups is 2. The number of halogens is 2. The quantitative estimate of drug-likeness (QED) is 0.742. The first-order chi connectivity index (χ1) is 13.0. The molecule has 27 heavy (non-hydrogen) atoms. The van der Waals surface area contributed by atoms with Crippen molar-refractivity contribution >= 4 is 27.7 Å². The maximum absolute atomic E-state index is 13.6. The highest BCUT2D eigenvalue weighted by molar-refractivity contribution is 9.10. The summed E-state index contributed by atoms with van der Waals surface area (Å²) in [5.74, 6) is -0.661. The van der Waals surface area contributed by atoms with Crippen LogP contribution < -0.4 is 5.32 Å². The number of amides is 2. The number of rotatable bonds is 6. The van der Waals surface area contributed by atoms with Crippen LogP contribution in [0.3, 0.4) is 0 Å². The molecule has 0 heterocycles. The van der Waals surface area contributed by atoms with E-state index >= 15 is 0 Å². The van der Waals surface area contributed by atoms with E-state index in [1.165, 1.54) is 12.1 Å². The van der Waals surface area contributed by atoms with Crippen molar-refractivity contribution in [2.75, 3.05) is 0 Å². The van der Waals surface area contributed by atoms with E-state index in [9.17, 15) is 14.0 Å². The minimum atomic E-state index is -0.427. The van der Waals surface area contributed by atoms with Gasteiger partial charge >= 0.3 is 0 Å². The summed E-state index contributed by atoms with van der Waals surface area (Å²) in [6.07, 6.45) is 4.02. The van der Waals surface area contributed by atoms with Gasteiger partial charge in [0.05, 0.1) is 5.56 Å². The molecular formula is C21H20BrFN2O2. The predicted molar refractivity (Wildman–Crippen MR) is 104 cm³/mol. The Balaban J connectivity index is 1.49. The zero-order chi connectivity index (χ0) is 19.0. The lowest BCUT2D eigenvalue weighted by atomic mass is 10.1. The number of nitrogens with one attached hydrogen (secondary N) is 1. The molecule has 140 valence electrons. The smallest absolute Gasteiger partial charge is 0.255 e. The monoisotopic (exact) mass is 430 g/mol. The first kappa shape index (κ1) is 18.2. The highest BCUT2D eigenvalue weighted by Crippen LogP contribution is 2.31. The number of hydrogen-bond acceptors (Lipinski definition) is 2. The van der Waals surface area contributed by atoms with Crippen LogP contribution in [0, 0.1) is 5.82 Å². The lowest BCUT2D eigenvalue weighted by molar-refractivity contribution is 0.0728. The molecule has 0 atom stereocenters. The van der Waals surface area contributed by atoms with Crippen LogP contribution in [0.15, 0.2) is 46.9 Å². The molecule has 0 saturated heterocycles. The molecule has 2 aromatic rings. The third-order valence-corrected chi connectivity index (χ3v) is 5.58. The molecule has 0 unspecified atom stereocenters. The summed E-state index contributed by atoms with van der Waals surface area (Å²) in [5.41, 5.74) is 1.91. The van der Waals surface area contributed by atoms with E-state index in [4.69, 9.17) is 0 Å². The van der Waals surface area contributed by atoms with Crippen molar-refractivity contribution in [3.8, 4) is 0 Å². The third kappa shape index (κ3) is 4.38. The Morgan fingerprint density at radius 2 is 1.78 bits per heavy atom. The van der Waals surface area contributed by atoms with E-state index < -0.39 is 5.82 Å². The van der Waals surface area contributed by atoms with Crippen molar-refractivity contribution in [3.63, 3.8) is 0 Å². The second-order valence-electron chi connectivity index (χ2n) is 7.23. The molecule has 2 aliphatic rings. The van der Waals surface area contributed by atoms with E-state index in [-0.39, 0.29) is 17.9 Å². The zero-order valence-corrected chi connectivity index (χ0v) is 16.3. The van der Waals surface area contributed by atoms with Gasteiger partial charge in [0.25, 0.3) is 11.8 Å². The molecule has 0 aromatic heterocycles. The van der Waals surface area contributed by atoms with E-state index in [0.717, 1.165) is 31.2 Å². The summed E-state index contributed by atoms with van der Waals surface area (Å²) in [4.78, 5) is 26.9. The Morgan fingerprint density at radius 1 is 1.07 bits per heavy atom. The van der Waals surface area contributed by atoms with Crippen molar-refractivity contribution in [1.29, 1.82) is 0 Å². The SMILES string of the molecule is O=C(NC1CC1)c1ccc(CN(C(=O)c2cc(F)ccc2Br)C2CC2)cc1. The second-order valence-corrected chi connectivity index (χ2v) is 8.09. The molecule has 2 amide bonds. The van der Waals surface area contributed by atoms with Gasteiger partial charge in [-0.25, -0.2) is 4.39 Å². The zero-order valence-electron chi connectivity index (χ0n) is 14.8. The Labute approximate surface area is 165 Å². The van der Waals surface area contributed by atoms with Crippen LogP contribution in [0.1, 0.15) is 52.0 Å². The van der Waals surface area contributed by atoms with Gasteiger partial charge in [0.15, 0.2) is 0 Å². The topological polar surface area (TPSA) is 49.4 Å². The van der Waals surface area contributed by atoms with Gasteiger partial charge in [-0.15, -0.1) is 0 Å². The van der Waals surface area contributed by atoms with Gasteiger partial charge in [-0.3, -0.25) is 9.59 Å². The van der Waals surface area contributed by atoms with Crippen molar-refractivity contribution in [3.05, 3.63) is 69.4 Å². The fourth-order valence-electron chi connectivity index (χ4n) is 3.02. The molecule has 0 spiro atoms. The number of hydrogen-bond donors (Lipinski definition) is 1. The molecule has 0 bridgehead atoms. The average Bonchev–Trinajstić information content (AvgIpc) is 3.56. The maximum Gasteiger partial charge on any atom is 0.255 e.